The summed E-state index contributed by atoms with van der Waals surface area (Å²) in [5.74, 6) is -0.365. The number of anilines is 1. The predicted octanol–water partition coefficient (Wildman–Crippen LogP) is 2.32. The van der Waals surface area contributed by atoms with Crippen molar-refractivity contribution in [1.29, 1.82) is 0 Å². The number of ether oxygens (including phenoxy) is 1. The fourth-order valence-corrected chi connectivity index (χ4v) is 2.56. The van der Waals surface area contributed by atoms with E-state index in [1.54, 1.807) is 31.2 Å². The lowest BCUT2D eigenvalue weighted by Crippen LogP contribution is -2.32. The number of carbonyl (C=O) groups is 2. The Labute approximate surface area is 124 Å². The van der Waals surface area contributed by atoms with Crippen molar-refractivity contribution in [3.8, 4) is 0 Å². The Kier molecular flexibility index (Phi) is 5.33. The van der Waals surface area contributed by atoms with Gasteiger partial charge in [0.1, 0.15) is 0 Å². The average molecular weight is 290 g/mol. The molecule has 0 heterocycles. The van der Waals surface area contributed by atoms with E-state index in [9.17, 15) is 9.59 Å². The third-order valence-corrected chi connectivity index (χ3v) is 3.78. The summed E-state index contributed by atoms with van der Waals surface area (Å²) >= 11 is 0. The van der Waals surface area contributed by atoms with Gasteiger partial charge in [0, 0.05) is 17.6 Å². The topological polar surface area (TPSA) is 81.4 Å². The van der Waals surface area contributed by atoms with Crippen molar-refractivity contribution in [2.45, 2.75) is 38.6 Å². The van der Waals surface area contributed by atoms with Crippen molar-refractivity contribution in [1.82, 2.24) is 0 Å². The zero-order valence-corrected chi connectivity index (χ0v) is 12.3. The maximum absolute atomic E-state index is 12.2. The van der Waals surface area contributed by atoms with Crippen molar-refractivity contribution >= 4 is 17.6 Å². The largest absolute Gasteiger partial charge is 0.462 e. The minimum atomic E-state index is -0.378. The highest BCUT2D eigenvalue weighted by Gasteiger charge is 2.24. The van der Waals surface area contributed by atoms with Crippen LogP contribution in [0.4, 0.5) is 5.69 Å². The first-order valence-corrected chi connectivity index (χ1v) is 7.43. The van der Waals surface area contributed by atoms with E-state index in [0.29, 0.717) is 17.9 Å². The van der Waals surface area contributed by atoms with E-state index in [2.05, 4.69) is 5.32 Å². The van der Waals surface area contributed by atoms with Crippen LogP contribution < -0.4 is 11.1 Å². The number of amides is 1. The third-order valence-electron chi connectivity index (χ3n) is 3.78. The molecule has 1 aromatic carbocycles. The van der Waals surface area contributed by atoms with Gasteiger partial charge in [-0.3, -0.25) is 4.79 Å². The summed E-state index contributed by atoms with van der Waals surface area (Å²) in [5, 5.41) is 2.88. The van der Waals surface area contributed by atoms with Crippen molar-refractivity contribution in [2.75, 3.05) is 11.9 Å². The Balaban J connectivity index is 1.97. The number of benzene rings is 1. The molecule has 1 aliphatic rings. The molecular formula is C16H22N2O3. The van der Waals surface area contributed by atoms with Gasteiger partial charge >= 0.3 is 5.97 Å². The van der Waals surface area contributed by atoms with Crippen LogP contribution in [0, 0.1) is 5.92 Å². The van der Waals surface area contributed by atoms with Crippen LogP contribution in [-0.2, 0) is 9.53 Å². The first kappa shape index (κ1) is 15.5. The van der Waals surface area contributed by atoms with Gasteiger partial charge < -0.3 is 15.8 Å². The van der Waals surface area contributed by atoms with Gasteiger partial charge in [-0.25, -0.2) is 4.79 Å². The van der Waals surface area contributed by atoms with Gasteiger partial charge in [0.25, 0.3) is 0 Å². The molecule has 5 nitrogen and oxygen atoms in total. The summed E-state index contributed by atoms with van der Waals surface area (Å²) in [7, 11) is 0. The van der Waals surface area contributed by atoms with Crippen LogP contribution in [0.2, 0.25) is 0 Å². The summed E-state index contributed by atoms with van der Waals surface area (Å²) in [4.78, 5) is 23.9. The van der Waals surface area contributed by atoms with Crippen LogP contribution in [0.15, 0.2) is 24.3 Å². The van der Waals surface area contributed by atoms with E-state index < -0.39 is 0 Å². The Morgan fingerprint density at radius 2 is 2.00 bits per heavy atom. The fourth-order valence-electron chi connectivity index (χ4n) is 2.56. The molecule has 0 aliphatic heterocycles. The zero-order valence-electron chi connectivity index (χ0n) is 12.3. The van der Waals surface area contributed by atoms with Gasteiger partial charge in [-0.1, -0.05) is 6.07 Å². The maximum Gasteiger partial charge on any atom is 0.338 e. The van der Waals surface area contributed by atoms with Gasteiger partial charge in [0.2, 0.25) is 5.91 Å². The second-order valence-corrected chi connectivity index (χ2v) is 5.40. The quantitative estimate of drug-likeness (QED) is 0.834. The summed E-state index contributed by atoms with van der Waals surface area (Å²) in [5.41, 5.74) is 6.92. The highest BCUT2D eigenvalue weighted by molar-refractivity contribution is 5.95. The first-order valence-electron chi connectivity index (χ1n) is 7.43. The average Bonchev–Trinajstić information content (AvgIpc) is 2.48. The molecule has 21 heavy (non-hydrogen) atoms. The summed E-state index contributed by atoms with van der Waals surface area (Å²) < 4.78 is 4.95. The normalized spacial score (nSPS) is 21.6. The lowest BCUT2D eigenvalue weighted by Gasteiger charge is -2.25. The molecule has 114 valence electrons. The number of carbonyl (C=O) groups excluding carboxylic acids is 2. The second-order valence-electron chi connectivity index (χ2n) is 5.40. The minimum absolute atomic E-state index is 0.00269. The van der Waals surface area contributed by atoms with Crippen LogP contribution in [0.1, 0.15) is 43.0 Å². The number of esters is 1. The number of rotatable bonds is 4. The van der Waals surface area contributed by atoms with E-state index in [1.165, 1.54) is 0 Å². The molecule has 0 aromatic heterocycles. The Morgan fingerprint density at radius 1 is 1.29 bits per heavy atom. The molecule has 0 atom stereocenters. The summed E-state index contributed by atoms with van der Waals surface area (Å²) in [6.45, 7) is 2.09. The molecule has 0 spiro atoms. The van der Waals surface area contributed by atoms with Crippen LogP contribution in [0.5, 0.6) is 0 Å². The number of nitrogens with two attached hydrogens (primary N) is 1. The smallest absolute Gasteiger partial charge is 0.338 e. The minimum Gasteiger partial charge on any atom is -0.462 e. The molecule has 1 aliphatic carbocycles. The van der Waals surface area contributed by atoms with Crippen LogP contribution in [0.3, 0.4) is 0 Å². The molecule has 0 unspecified atom stereocenters. The third kappa shape index (κ3) is 4.29. The molecular weight excluding hydrogens is 268 g/mol. The monoisotopic (exact) mass is 290 g/mol. The molecule has 1 fully saturated rings. The lowest BCUT2D eigenvalue weighted by atomic mass is 9.86. The van der Waals surface area contributed by atoms with Gasteiger partial charge in [-0.2, -0.15) is 0 Å². The molecule has 3 N–H and O–H groups in total. The van der Waals surface area contributed by atoms with E-state index in [0.717, 1.165) is 25.7 Å². The molecule has 0 saturated heterocycles. The van der Waals surface area contributed by atoms with Crippen molar-refractivity contribution in [3.05, 3.63) is 29.8 Å². The van der Waals surface area contributed by atoms with Crippen LogP contribution >= 0.6 is 0 Å². The predicted molar refractivity (Wildman–Crippen MR) is 81.0 cm³/mol. The van der Waals surface area contributed by atoms with Gasteiger partial charge in [0.15, 0.2) is 0 Å². The number of nitrogens with one attached hydrogen (secondary N) is 1. The number of hydrogen-bond acceptors (Lipinski definition) is 4. The van der Waals surface area contributed by atoms with E-state index in [4.69, 9.17) is 10.5 Å². The van der Waals surface area contributed by atoms with E-state index >= 15 is 0 Å². The highest BCUT2D eigenvalue weighted by Crippen LogP contribution is 2.24. The van der Waals surface area contributed by atoms with Gasteiger partial charge in [0.05, 0.1) is 12.2 Å². The fraction of sp³-hybridized carbons (Fsp3) is 0.500. The Morgan fingerprint density at radius 3 is 2.67 bits per heavy atom. The first-order chi connectivity index (χ1) is 10.1. The summed E-state index contributed by atoms with van der Waals surface area (Å²) in [6, 6.07) is 7.05. The van der Waals surface area contributed by atoms with Gasteiger partial charge in [-0.05, 0) is 50.8 Å². The highest BCUT2D eigenvalue weighted by atomic mass is 16.5. The second kappa shape index (κ2) is 7.22. The summed E-state index contributed by atoms with van der Waals surface area (Å²) in [6.07, 6.45) is 3.43. The SMILES string of the molecule is CCOC(=O)c1cccc(NC(=O)C2CCC(N)CC2)c1. The lowest BCUT2D eigenvalue weighted by molar-refractivity contribution is -0.120. The van der Waals surface area contributed by atoms with Crippen molar-refractivity contribution in [3.63, 3.8) is 0 Å². The molecule has 0 radical (unpaired) electrons. The Hall–Kier alpha value is -1.88. The molecule has 1 aromatic rings. The molecule has 5 heteroatoms. The number of hydrogen-bond donors (Lipinski definition) is 2. The molecule has 2 rings (SSSR count). The van der Waals surface area contributed by atoms with Crippen LogP contribution in [-0.4, -0.2) is 24.5 Å². The van der Waals surface area contributed by atoms with Gasteiger partial charge in [-0.15, -0.1) is 0 Å². The standard InChI is InChI=1S/C16H22N2O3/c1-2-21-16(20)12-4-3-5-14(10-12)18-15(19)11-6-8-13(17)9-7-11/h3-5,10-11,13H,2,6-9,17H2,1H3,(H,18,19). The van der Waals surface area contributed by atoms with E-state index in [-0.39, 0.29) is 23.8 Å². The Bertz CT molecular complexity index is 508. The van der Waals surface area contributed by atoms with Crippen molar-refractivity contribution < 1.29 is 14.3 Å². The molecule has 1 amide bonds. The van der Waals surface area contributed by atoms with Crippen molar-refractivity contribution in [2.24, 2.45) is 11.7 Å². The zero-order chi connectivity index (χ0) is 15.2. The maximum atomic E-state index is 12.2. The molecule has 1 saturated carbocycles. The molecule has 0 bridgehead atoms. The van der Waals surface area contributed by atoms with Crippen LogP contribution in [0.25, 0.3) is 0 Å². The van der Waals surface area contributed by atoms with E-state index in [1.807, 2.05) is 0 Å².